The number of aliphatic hydroxyl groups is 1. The van der Waals surface area contributed by atoms with Crippen LogP contribution in [0.1, 0.15) is 48.5 Å². The van der Waals surface area contributed by atoms with Gasteiger partial charge in [-0.2, -0.15) is 17.9 Å². The van der Waals surface area contributed by atoms with Crippen molar-refractivity contribution in [2.75, 3.05) is 0 Å². The molecule has 41 heavy (non-hydrogen) atoms. The highest BCUT2D eigenvalue weighted by Gasteiger charge is 2.44. The molecule has 2 aliphatic rings. The van der Waals surface area contributed by atoms with Crippen LogP contribution in [0.25, 0.3) is 22.5 Å². The molecule has 16 heteroatoms. The van der Waals surface area contributed by atoms with Crippen LogP contribution in [-0.2, 0) is 4.79 Å². The third-order valence-corrected chi connectivity index (χ3v) is 7.48. The Kier molecular flexibility index (Phi) is 6.57. The standard InChI is InChI=1S/C25H18ClF5N8O2/c26-14-2-4-16(38-10-34-36-37-38)19(21(14)28)11-7-12-1-3-17(39(12)18(40)8-11)24-33-9-15(35-24)13-5-6-32-22(20(13)27)23(41)25(29,30)31/h2,4-6,8-10,12,17,23,41H,1,3,7H2,(H,33,35)/t12-,17+,23?/m1/s1. The first-order valence-corrected chi connectivity index (χ1v) is 12.6. The number of imidazole rings is 1. The fraction of sp³-hybridized carbons (Fsp3) is 0.280. The molecule has 1 amide bonds. The maximum absolute atomic E-state index is 15.3. The van der Waals surface area contributed by atoms with E-state index in [2.05, 4.69) is 30.5 Å². The van der Waals surface area contributed by atoms with Crippen LogP contribution in [-0.4, -0.2) is 63.3 Å². The number of amides is 1. The number of nitrogens with one attached hydrogen (secondary N) is 1. The number of alkyl halides is 3. The number of pyridine rings is 1. The van der Waals surface area contributed by atoms with Crippen molar-refractivity contribution in [3.8, 4) is 16.9 Å². The smallest absolute Gasteiger partial charge is 0.378 e. The number of H-pyrrole nitrogens is 1. The first-order valence-electron chi connectivity index (χ1n) is 12.2. The van der Waals surface area contributed by atoms with Gasteiger partial charge in [0.05, 0.1) is 28.6 Å². The molecule has 212 valence electrons. The second-order valence-electron chi connectivity index (χ2n) is 9.56. The first-order chi connectivity index (χ1) is 19.5. The Balaban J connectivity index is 1.30. The van der Waals surface area contributed by atoms with E-state index in [0.29, 0.717) is 36.3 Å². The fourth-order valence-corrected chi connectivity index (χ4v) is 5.52. The van der Waals surface area contributed by atoms with Crippen LogP contribution >= 0.6 is 11.6 Å². The lowest BCUT2D eigenvalue weighted by Gasteiger charge is -2.33. The SMILES string of the molecule is O=C1C=C(c2c(-n3cnnn3)ccc(Cl)c2F)C[C@H]2CC[C@@H](c3ncc(-c4ccnc(C(O)C(F)(F)F)c4F)[nH]3)N12. The van der Waals surface area contributed by atoms with Crippen LogP contribution in [0.4, 0.5) is 22.0 Å². The minimum absolute atomic E-state index is 0.0479. The molecule has 2 aliphatic heterocycles. The maximum Gasteiger partial charge on any atom is 0.420 e. The van der Waals surface area contributed by atoms with Crippen LogP contribution in [0.15, 0.2) is 43.0 Å². The van der Waals surface area contributed by atoms with Gasteiger partial charge in [-0.3, -0.25) is 9.78 Å². The van der Waals surface area contributed by atoms with Crippen LogP contribution in [0.3, 0.4) is 0 Å². The molecule has 1 unspecified atom stereocenters. The van der Waals surface area contributed by atoms with Gasteiger partial charge in [0.2, 0.25) is 5.91 Å². The van der Waals surface area contributed by atoms with Crippen molar-refractivity contribution in [2.24, 2.45) is 0 Å². The van der Waals surface area contributed by atoms with E-state index in [9.17, 15) is 27.5 Å². The minimum Gasteiger partial charge on any atom is -0.378 e. The zero-order valence-electron chi connectivity index (χ0n) is 20.6. The number of hydrogen-bond donors (Lipinski definition) is 2. The summed E-state index contributed by atoms with van der Waals surface area (Å²) in [4.78, 5) is 25.5. The molecular formula is C25H18ClF5N8O2. The van der Waals surface area contributed by atoms with Gasteiger partial charge in [-0.25, -0.2) is 13.8 Å². The molecule has 1 saturated heterocycles. The van der Waals surface area contributed by atoms with E-state index < -0.39 is 41.6 Å². The van der Waals surface area contributed by atoms with E-state index in [1.807, 2.05) is 0 Å². The molecule has 5 heterocycles. The number of nitrogens with zero attached hydrogens (tertiary/aromatic N) is 7. The van der Waals surface area contributed by atoms with Gasteiger partial charge in [0.15, 0.2) is 17.7 Å². The molecule has 4 aromatic rings. The highest BCUT2D eigenvalue weighted by molar-refractivity contribution is 6.31. The molecular weight excluding hydrogens is 575 g/mol. The number of aliphatic hydroxyl groups excluding tert-OH is 1. The second-order valence-corrected chi connectivity index (χ2v) is 9.97. The molecule has 0 saturated carbocycles. The van der Waals surface area contributed by atoms with E-state index in [1.54, 1.807) is 11.0 Å². The Morgan fingerprint density at radius 3 is 2.66 bits per heavy atom. The average molecular weight is 593 g/mol. The number of tetrazole rings is 1. The lowest BCUT2D eigenvalue weighted by molar-refractivity contribution is -0.208. The first kappa shape index (κ1) is 27.0. The summed E-state index contributed by atoms with van der Waals surface area (Å²) in [6.45, 7) is 0. The van der Waals surface area contributed by atoms with E-state index in [4.69, 9.17) is 11.6 Å². The largest absolute Gasteiger partial charge is 0.420 e. The minimum atomic E-state index is -5.10. The van der Waals surface area contributed by atoms with Crippen LogP contribution in [0, 0.1) is 11.6 Å². The summed E-state index contributed by atoms with van der Waals surface area (Å²) >= 11 is 6.06. The number of fused-ring (bicyclic) bond motifs is 1. The Bertz CT molecular complexity index is 1670. The zero-order chi connectivity index (χ0) is 29.1. The number of carbonyl (C=O) groups excluding carboxylic acids is 1. The highest BCUT2D eigenvalue weighted by Crippen LogP contribution is 2.44. The summed E-state index contributed by atoms with van der Waals surface area (Å²) in [5.74, 6) is -2.18. The van der Waals surface area contributed by atoms with Crippen molar-refractivity contribution >= 4 is 23.1 Å². The molecule has 3 aromatic heterocycles. The van der Waals surface area contributed by atoms with Crippen LogP contribution < -0.4 is 0 Å². The number of rotatable bonds is 5. The zero-order valence-corrected chi connectivity index (χ0v) is 21.4. The molecule has 6 rings (SSSR count). The Morgan fingerprint density at radius 1 is 1.12 bits per heavy atom. The third-order valence-electron chi connectivity index (χ3n) is 7.19. The molecule has 2 N–H and O–H groups in total. The Labute approximate surface area is 232 Å². The molecule has 0 bridgehead atoms. The Hall–Kier alpha value is -4.24. The van der Waals surface area contributed by atoms with Gasteiger partial charge in [-0.05, 0) is 53.5 Å². The molecule has 0 aliphatic carbocycles. The normalized spacial score (nSPS) is 19.8. The summed E-state index contributed by atoms with van der Waals surface area (Å²) in [7, 11) is 0. The summed E-state index contributed by atoms with van der Waals surface area (Å²) in [6, 6.07) is 3.20. The monoisotopic (exact) mass is 592 g/mol. The van der Waals surface area contributed by atoms with Crippen molar-refractivity contribution in [2.45, 2.75) is 43.6 Å². The summed E-state index contributed by atoms with van der Waals surface area (Å²) in [5.41, 5.74) is -0.560. The number of hydrogen-bond acceptors (Lipinski definition) is 7. The van der Waals surface area contributed by atoms with Crippen molar-refractivity contribution in [3.05, 3.63) is 76.7 Å². The van der Waals surface area contributed by atoms with Gasteiger partial charge in [-0.1, -0.05) is 11.6 Å². The Morgan fingerprint density at radius 2 is 1.93 bits per heavy atom. The number of halogens is 6. The lowest BCUT2D eigenvalue weighted by atomic mass is 9.92. The van der Waals surface area contributed by atoms with E-state index >= 15 is 4.39 Å². The lowest BCUT2D eigenvalue weighted by Crippen LogP contribution is -2.39. The van der Waals surface area contributed by atoms with Crippen molar-refractivity contribution in [1.82, 2.24) is 40.1 Å². The predicted molar refractivity (Wildman–Crippen MR) is 132 cm³/mol. The fourth-order valence-electron chi connectivity index (χ4n) is 5.36. The van der Waals surface area contributed by atoms with Gasteiger partial charge >= 0.3 is 6.18 Å². The number of aromatic nitrogens is 7. The molecule has 1 fully saturated rings. The number of aromatic amines is 1. The second kappa shape index (κ2) is 9.99. The van der Waals surface area contributed by atoms with Crippen molar-refractivity contribution in [1.29, 1.82) is 0 Å². The van der Waals surface area contributed by atoms with Gasteiger partial charge < -0.3 is 15.0 Å². The number of benzene rings is 1. The number of carbonyl (C=O) groups is 1. The van der Waals surface area contributed by atoms with E-state index in [1.165, 1.54) is 29.3 Å². The van der Waals surface area contributed by atoms with Crippen LogP contribution in [0.5, 0.6) is 0 Å². The topological polar surface area (TPSA) is 126 Å². The summed E-state index contributed by atoms with van der Waals surface area (Å²) in [6.07, 6.45) is -2.10. The van der Waals surface area contributed by atoms with Gasteiger partial charge in [-0.15, -0.1) is 5.10 Å². The van der Waals surface area contributed by atoms with Gasteiger partial charge in [0.25, 0.3) is 0 Å². The summed E-state index contributed by atoms with van der Waals surface area (Å²) < 4.78 is 70.4. The van der Waals surface area contributed by atoms with E-state index in [0.717, 1.165) is 12.3 Å². The van der Waals surface area contributed by atoms with Crippen LogP contribution in [0.2, 0.25) is 5.02 Å². The predicted octanol–water partition coefficient (Wildman–Crippen LogP) is 4.49. The molecule has 1 aromatic carbocycles. The van der Waals surface area contributed by atoms with Crippen molar-refractivity contribution < 1.29 is 31.9 Å². The van der Waals surface area contributed by atoms with Crippen molar-refractivity contribution in [3.63, 3.8) is 0 Å². The molecule has 0 spiro atoms. The quantitative estimate of drug-likeness (QED) is 0.327. The highest BCUT2D eigenvalue weighted by atomic mass is 35.5. The van der Waals surface area contributed by atoms with Gasteiger partial charge in [0, 0.05) is 29.4 Å². The molecule has 3 atom stereocenters. The average Bonchev–Trinajstić information content (AvgIpc) is 3.70. The maximum atomic E-state index is 15.3. The van der Waals surface area contributed by atoms with E-state index in [-0.39, 0.29) is 27.9 Å². The third kappa shape index (κ3) is 4.64. The van der Waals surface area contributed by atoms with Gasteiger partial charge in [0.1, 0.15) is 17.8 Å². The molecule has 10 nitrogen and oxygen atoms in total. The molecule has 0 radical (unpaired) electrons. The summed E-state index contributed by atoms with van der Waals surface area (Å²) in [5, 5.41) is 20.4.